The molecule has 2 atom stereocenters. The second kappa shape index (κ2) is 7.10. The fourth-order valence-electron chi connectivity index (χ4n) is 2.60. The summed E-state index contributed by atoms with van der Waals surface area (Å²) in [6, 6.07) is 1.69. The first-order valence-corrected chi connectivity index (χ1v) is 10.1. The summed E-state index contributed by atoms with van der Waals surface area (Å²) in [6.07, 6.45) is 0. The smallest absolute Gasteiger partial charge is 0.337 e. The highest BCUT2D eigenvalue weighted by Gasteiger charge is 2.44. The van der Waals surface area contributed by atoms with Crippen molar-refractivity contribution in [1.82, 2.24) is 0 Å². The van der Waals surface area contributed by atoms with Crippen LogP contribution in [-0.4, -0.2) is 22.9 Å². The average Bonchev–Trinajstić information content (AvgIpc) is 2.45. The highest BCUT2D eigenvalue weighted by atomic mass is 127. The minimum absolute atomic E-state index is 0.0376. The van der Waals surface area contributed by atoms with Gasteiger partial charge in [0.15, 0.2) is 0 Å². The number of hydrogen-bond donors (Lipinski definition) is 1. The van der Waals surface area contributed by atoms with E-state index in [1.54, 1.807) is 6.07 Å². The number of carboxylic acid groups (broad SMARTS) is 1. The first-order valence-electron chi connectivity index (χ1n) is 6.88. The molecule has 8 heteroatoms. The van der Waals surface area contributed by atoms with Gasteiger partial charge in [0.1, 0.15) is 0 Å². The number of carboxylic acids is 1. The zero-order chi connectivity index (χ0) is 17.6. The van der Waals surface area contributed by atoms with E-state index in [1.807, 2.05) is 88.5 Å². The van der Waals surface area contributed by atoms with Crippen molar-refractivity contribution < 1.29 is 19.5 Å². The highest BCUT2D eigenvalue weighted by Crippen LogP contribution is 2.39. The maximum Gasteiger partial charge on any atom is 0.337 e. The highest BCUT2D eigenvalue weighted by molar-refractivity contribution is 14.1. The van der Waals surface area contributed by atoms with Crippen molar-refractivity contribution in [1.29, 1.82) is 0 Å². The number of carbonyl (C=O) groups is 3. The van der Waals surface area contributed by atoms with E-state index in [2.05, 4.69) is 0 Å². The van der Waals surface area contributed by atoms with Crippen LogP contribution in [0.3, 0.4) is 0 Å². The van der Waals surface area contributed by atoms with Crippen molar-refractivity contribution >= 4 is 91.2 Å². The molecule has 0 radical (unpaired) electrons. The number of imide groups is 1. The molecule has 1 aliphatic rings. The van der Waals surface area contributed by atoms with E-state index < -0.39 is 5.97 Å². The number of amides is 2. The number of hydrogen-bond acceptors (Lipinski definition) is 3. The van der Waals surface area contributed by atoms with Crippen LogP contribution in [0.2, 0.25) is 0 Å². The fourth-order valence-corrected chi connectivity index (χ4v) is 6.91. The van der Waals surface area contributed by atoms with Crippen molar-refractivity contribution in [3.05, 3.63) is 22.3 Å². The van der Waals surface area contributed by atoms with E-state index in [4.69, 9.17) is 0 Å². The molecule has 23 heavy (non-hydrogen) atoms. The molecule has 2 amide bonds. The molecule has 0 saturated carbocycles. The van der Waals surface area contributed by atoms with Gasteiger partial charge in [-0.25, -0.2) is 9.69 Å². The Balaban J connectivity index is 2.70. The molecule has 1 N–H and O–H groups in total. The van der Waals surface area contributed by atoms with Crippen molar-refractivity contribution in [2.45, 2.75) is 20.8 Å². The maximum absolute atomic E-state index is 12.7. The van der Waals surface area contributed by atoms with Crippen LogP contribution in [0.5, 0.6) is 0 Å². The Morgan fingerprint density at radius 2 is 1.52 bits per heavy atom. The summed E-state index contributed by atoms with van der Waals surface area (Å²) in [7, 11) is 0. The van der Waals surface area contributed by atoms with Crippen molar-refractivity contribution in [2.24, 2.45) is 17.8 Å². The minimum Gasteiger partial charge on any atom is -0.478 e. The van der Waals surface area contributed by atoms with E-state index in [0.29, 0.717) is 16.4 Å². The molecule has 1 fully saturated rings. The van der Waals surface area contributed by atoms with Gasteiger partial charge in [-0.3, -0.25) is 9.59 Å². The number of piperidine rings is 1. The summed E-state index contributed by atoms with van der Waals surface area (Å²) >= 11 is 5.92. The number of carbonyl (C=O) groups excluding carboxylic acids is 2. The lowest BCUT2D eigenvalue weighted by Crippen LogP contribution is -2.53. The Kier molecular flexibility index (Phi) is 5.97. The number of nitrogens with zero attached hydrogens (tertiary/aromatic N) is 1. The van der Waals surface area contributed by atoms with Crippen molar-refractivity contribution in [2.75, 3.05) is 4.90 Å². The zero-order valence-electron chi connectivity index (χ0n) is 12.6. The second-order valence-corrected chi connectivity index (χ2v) is 9.03. The van der Waals surface area contributed by atoms with Crippen LogP contribution in [0.15, 0.2) is 6.07 Å². The number of halogens is 3. The monoisotopic (exact) mass is 653 g/mol. The molecule has 1 aromatic carbocycles. The average molecular weight is 653 g/mol. The van der Waals surface area contributed by atoms with E-state index in [9.17, 15) is 19.5 Å². The summed E-state index contributed by atoms with van der Waals surface area (Å²) in [5.41, 5.74) is 0.519. The molecule has 2 rings (SSSR count). The summed E-state index contributed by atoms with van der Waals surface area (Å²) < 4.78 is 1.69. The second-order valence-electron chi connectivity index (χ2n) is 5.63. The number of rotatable bonds is 2. The SMILES string of the molecule is CC1C(=O)N(c2c(I)cc(I)c(C(=O)O)c2I)C(=O)C(C)C1C. The van der Waals surface area contributed by atoms with Gasteiger partial charge in [0.05, 0.1) is 14.8 Å². The van der Waals surface area contributed by atoms with Crippen molar-refractivity contribution in [3.8, 4) is 0 Å². The summed E-state index contributed by atoms with van der Waals surface area (Å²) in [4.78, 5) is 38.1. The molecule has 0 spiro atoms. The van der Waals surface area contributed by atoms with Gasteiger partial charge in [0.2, 0.25) is 11.8 Å². The molecular weight excluding hydrogens is 639 g/mol. The van der Waals surface area contributed by atoms with Crippen LogP contribution in [0.4, 0.5) is 5.69 Å². The van der Waals surface area contributed by atoms with Crippen LogP contribution in [0.25, 0.3) is 0 Å². The molecule has 0 aromatic heterocycles. The third kappa shape index (κ3) is 3.26. The van der Waals surface area contributed by atoms with Crippen LogP contribution in [-0.2, 0) is 9.59 Å². The van der Waals surface area contributed by atoms with Gasteiger partial charge in [-0.1, -0.05) is 20.8 Å². The van der Waals surface area contributed by atoms with Gasteiger partial charge in [-0.2, -0.15) is 0 Å². The largest absolute Gasteiger partial charge is 0.478 e. The minimum atomic E-state index is -1.07. The van der Waals surface area contributed by atoms with Gasteiger partial charge >= 0.3 is 5.97 Å². The Labute approximate surface area is 175 Å². The standard InChI is InChI=1S/C15H14I3NO4/c1-5-6(2)13(20)19(14(21)7(5)3)12-9(17)4-8(16)10(11(12)18)15(22)23/h4-7H,1-3H3,(H,22,23). The van der Waals surface area contributed by atoms with E-state index in [0.717, 1.165) is 0 Å². The molecule has 0 aliphatic carbocycles. The van der Waals surface area contributed by atoms with E-state index >= 15 is 0 Å². The molecular formula is C15H14I3NO4. The van der Waals surface area contributed by atoms with Crippen LogP contribution < -0.4 is 4.90 Å². The zero-order valence-corrected chi connectivity index (χ0v) is 19.0. The third-order valence-corrected chi connectivity index (χ3v) is 7.10. The van der Waals surface area contributed by atoms with Gasteiger partial charge in [-0.15, -0.1) is 0 Å². The van der Waals surface area contributed by atoms with Gasteiger partial charge in [0.25, 0.3) is 0 Å². The third-order valence-electron chi connectivity index (χ3n) is 4.38. The predicted octanol–water partition coefficient (Wildman–Crippen LogP) is 3.98. The number of anilines is 1. The van der Waals surface area contributed by atoms with Crippen molar-refractivity contribution in [3.63, 3.8) is 0 Å². The molecule has 124 valence electrons. The summed E-state index contributed by atoms with van der Waals surface area (Å²) in [5.74, 6) is -2.22. The number of benzene rings is 1. The molecule has 1 aliphatic heterocycles. The van der Waals surface area contributed by atoms with Gasteiger partial charge in [0, 0.05) is 19.0 Å². The van der Waals surface area contributed by atoms with E-state index in [1.165, 1.54) is 4.90 Å². The molecule has 1 saturated heterocycles. The fraction of sp³-hybridized carbons (Fsp3) is 0.400. The number of aromatic carboxylic acids is 1. The lowest BCUT2D eigenvalue weighted by molar-refractivity contribution is -0.137. The summed E-state index contributed by atoms with van der Waals surface area (Å²) in [5, 5.41) is 9.44. The van der Waals surface area contributed by atoms with E-state index in [-0.39, 0.29) is 35.1 Å². The lowest BCUT2D eigenvalue weighted by atomic mass is 9.79. The molecule has 1 heterocycles. The molecule has 1 aromatic rings. The van der Waals surface area contributed by atoms with Crippen LogP contribution in [0, 0.1) is 28.5 Å². The van der Waals surface area contributed by atoms with Gasteiger partial charge in [-0.05, 0) is 79.8 Å². The topological polar surface area (TPSA) is 74.7 Å². The van der Waals surface area contributed by atoms with Crippen LogP contribution >= 0.6 is 67.8 Å². The first-order chi connectivity index (χ1) is 10.6. The lowest BCUT2D eigenvalue weighted by Gasteiger charge is -2.38. The first kappa shape index (κ1) is 19.3. The summed E-state index contributed by atoms with van der Waals surface area (Å²) in [6.45, 7) is 5.52. The Morgan fingerprint density at radius 3 is 1.96 bits per heavy atom. The molecule has 0 bridgehead atoms. The quantitative estimate of drug-likeness (QED) is 0.388. The van der Waals surface area contributed by atoms with Crippen LogP contribution in [0.1, 0.15) is 31.1 Å². The van der Waals surface area contributed by atoms with Gasteiger partial charge < -0.3 is 5.11 Å². The predicted molar refractivity (Wildman–Crippen MR) is 112 cm³/mol. The Hall–Kier alpha value is 0.0200. The Bertz CT molecular complexity index is 697. The molecule has 2 unspecified atom stereocenters. The Morgan fingerprint density at radius 1 is 1.04 bits per heavy atom. The maximum atomic E-state index is 12.7. The normalized spacial score (nSPS) is 25.0. The molecule has 5 nitrogen and oxygen atoms in total.